The summed E-state index contributed by atoms with van der Waals surface area (Å²) in [7, 11) is 1.35. The molecule has 7 rings (SSSR count). The number of methoxy groups -OCH3 is 1. The summed E-state index contributed by atoms with van der Waals surface area (Å²) in [6, 6.07) is 17.9. The van der Waals surface area contributed by atoms with E-state index in [1.807, 2.05) is 60.8 Å². The monoisotopic (exact) mass is 585 g/mol. The minimum Gasteiger partial charge on any atom is -0.469 e. The maximum atomic E-state index is 14.5. The number of hydrogen-bond donors (Lipinski definition) is 2. The third-order valence-corrected chi connectivity index (χ3v) is 10.1. The van der Waals surface area contributed by atoms with E-state index >= 15 is 0 Å². The number of benzene rings is 2. The molecule has 8 nitrogen and oxygen atoms in total. The molecule has 228 valence electrons. The molecule has 2 N–H and O–H groups in total. The van der Waals surface area contributed by atoms with Crippen LogP contribution in [-0.2, 0) is 31.9 Å². The van der Waals surface area contributed by atoms with Gasteiger partial charge in [0.05, 0.1) is 13.5 Å². The smallest absolute Gasteiger partial charge is 0.408 e. The maximum Gasteiger partial charge on any atom is 0.408 e. The largest absolute Gasteiger partial charge is 0.469 e. The maximum absolute atomic E-state index is 14.5. The number of hydrogen-bond acceptors (Lipinski definition) is 5. The zero-order valence-electron chi connectivity index (χ0n) is 25.2. The molecule has 1 heterocycles. The SMILES string of the molecule is COC(=O)CCN(CCc1ccccc1)C(=O)[C@@](C)(Cc1c[nH]c2ccccc12)NC(=O)OC1C2CC3CC(C2)CC1C3. The molecule has 4 aliphatic rings. The van der Waals surface area contributed by atoms with Crippen molar-refractivity contribution in [3.63, 3.8) is 0 Å². The number of amides is 2. The molecule has 3 aromatic rings. The highest BCUT2D eigenvalue weighted by molar-refractivity contribution is 5.92. The van der Waals surface area contributed by atoms with Crippen LogP contribution in [0.25, 0.3) is 10.9 Å². The number of H-pyrrole nitrogens is 1. The van der Waals surface area contributed by atoms with Crippen LogP contribution in [0.2, 0.25) is 0 Å². The Hall–Kier alpha value is -3.81. The molecule has 0 spiro atoms. The first-order valence-electron chi connectivity index (χ1n) is 15.7. The third kappa shape index (κ3) is 6.43. The van der Waals surface area contributed by atoms with Crippen LogP contribution < -0.4 is 5.32 Å². The van der Waals surface area contributed by atoms with Crippen molar-refractivity contribution in [3.05, 3.63) is 71.9 Å². The predicted molar refractivity (Wildman–Crippen MR) is 164 cm³/mol. The van der Waals surface area contributed by atoms with Crippen LogP contribution >= 0.6 is 0 Å². The number of fused-ring (bicyclic) bond motifs is 1. The summed E-state index contributed by atoms with van der Waals surface area (Å²) in [5.74, 6) is 1.74. The summed E-state index contributed by atoms with van der Waals surface area (Å²) in [4.78, 5) is 45.3. The minimum atomic E-state index is -1.30. The molecule has 4 fully saturated rings. The lowest BCUT2D eigenvalue weighted by molar-refractivity contribution is -0.143. The fraction of sp³-hybridized carbons (Fsp3) is 0.514. The number of ether oxygens (including phenoxy) is 2. The third-order valence-electron chi connectivity index (χ3n) is 10.1. The van der Waals surface area contributed by atoms with Crippen molar-refractivity contribution in [2.45, 2.75) is 69.9 Å². The van der Waals surface area contributed by atoms with Crippen LogP contribution in [0.3, 0.4) is 0 Å². The standard InChI is InChI=1S/C35H43N3O5/c1-35(21-28-22-36-30-11-7-6-10-29(28)30,37-34(41)43-32-26-17-24-16-25(19-26)20-27(32)18-24)33(40)38(15-13-31(39)42-2)14-12-23-8-4-3-5-9-23/h3-11,22,24-27,32,36H,12-21H2,1-2H3,(H,37,41)/t24?,25?,26?,27?,32?,35-/m1/s1. The Balaban J connectivity index is 1.25. The van der Waals surface area contributed by atoms with Gasteiger partial charge in [-0.15, -0.1) is 0 Å². The number of esters is 1. The van der Waals surface area contributed by atoms with Crippen molar-refractivity contribution in [1.82, 2.24) is 15.2 Å². The van der Waals surface area contributed by atoms with Gasteiger partial charge in [-0.3, -0.25) is 9.59 Å². The quantitative estimate of drug-likeness (QED) is 0.283. The predicted octanol–water partition coefficient (Wildman–Crippen LogP) is 5.65. The van der Waals surface area contributed by atoms with E-state index in [1.54, 1.807) is 11.8 Å². The normalized spacial score (nSPS) is 25.2. The van der Waals surface area contributed by atoms with Crippen molar-refractivity contribution in [3.8, 4) is 0 Å². The number of alkyl carbamates (subject to hydrolysis) is 1. The number of rotatable bonds is 11. The Bertz CT molecular complexity index is 1420. The van der Waals surface area contributed by atoms with E-state index in [0.29, 0.717) is 24.8 Å². The van der Waals surface area contributed by atoms with Crippen molar-refractivity contribution >= 4 is 28.9 Å². The molecule has 0 saturated heterocycles. The Kier molecular flexibility index (Phi) is 8.46. The first-order valence-corrected chi connectivity index (χ1v) is 15.7. The van der Waals surface area contributed by atoms with Crippen molar-refractivity contribution in [2.75, 3.05) is 20.2 Å². The Labute approximate surface area is 253 Å². The Morgan fingerprint density at radius 1 is 0.930 bits per heavy atom. The molecule has 1 atom stereocenters. The molecule has 8 heteroatoms. The molecule has 4 bridgehead atoms. The van der Waals surface area contributed by atoms with Crippen LogP contribution in [0.5, 0.6) is 0 Å². The average molecular weight is 586 g/mol. The highest BCUT2D eigenvalue weighted by Crippen LogP contribution is 2.54. The van der Waals surface area contributed by atoms with Gasteiger partial charge in [0.15, 0.2) is 0 Å². The van der Waals surface area contributed by atoms with Crippen molar-refractivity contribution < 1.29 is 23.9 Å². The highest BCUT2D eigenvalue weighted by Gasteiger charge is 2.50. The van der Waals surface area contributed by atoms with E-state index in [9.17, 15) is 14.4 Å². The first kappa shape index (κ1) is 29.3. The Morgan fingerprint density at radius 2 is 1.60 bits per heavy atom. The number of para-hydroxylation sites is 1. The van der Waals surface area contributed by atoms with Gasteiger partial charge in [0.25, 0.3) is 0 Å². The topological polar surface area (TPSA) is 101 Å². The molecule has 0 unspecified atom stereocenters. The zero-order chi connectivity index (χ0) is 30.0. The molecule has 0 aliphatic heterocycles. The summed E-state index contributed by atoms with van der Waals surface area (Å²) < 4.78 is 11.1. The van der Waals surface area contributed by atoms with E-state index in [-0.39, 0.29) is 37.4 Å². The Morgan fingerprint density at radius 3 is 2.30 bits per heavy atom. The van der Waals surface area contributed by atoms with Gasteiger partial charge in [0.1, 0.15) is 11.6 Å². The number of aromatic amines is 1. The lowest BCUT2D eigenvalue weighted by Crippen LogP contribution is -2.61. The molecule has 2 aromatic carbocycles. The fourth-order valence-electron chi connectivity index (χ4n) is 8.18. The summed E-state index contributed by atoms with van der Waals surface area (Å²) in [5, 5.41) is 4.06. The van der Waals surface area contributed by atoms with E-state index < -0.39 is 11.6 Å². The van der Waals surface area contributed by atoms with Gasteiger partial charge in [0, 0.05) is 36.6 Å². The molecule has 2 amide bonds. The van der Waals surface area contributed by atoms with E-state index in [0.717, 1.165) is 59.5 Å². The van der Waals surface area contributed by atoms with Crippen molar-refractivity contribution in [1.29, 1.82) is 0 Å². The number of nitrogens with one attached hydrogen (secondary N) is 2. The second-order valence-electron chi connectivity index (χ2n) is 13.1. The summed E-state index contributed by atoms with van der Waals surface area (Å²) in [6.45, 7) is 2.37. The lowest BCUT2D eigenvalue weighted by atomic mass is 9.55. The molecule has 4 saturated carbocycles. The number of carbonyl (C=O) groups excluding carboxylic acids is 3. The van der Waals surface area contributed by atoms with Crippen LogP contribution in [0.4, 0.5) is 4.79 Å². The van der Waals surface area contributed by atoms with Gasteiger partial charge in [-0.25, -0.2) is 4.79 Å². The zero-order valence-corrected chi connectivity index (χ0v) is 25.2. The van der Waals surface area contributed by atoms with Gasteiger partial charge in [0.2, 0.25) is 5.91 Å². The van der Waals surface area contributed by atoms with E-state index in [1.165, 1.54) is 13.5 Å². The summed E-state index contributed by atoms with van der Waals surface area (Å²) in [5.41, 5.74) is 1.68. The van der Waals surface area contributed by atoms with Crippen LogP contribution in [0.15, 0.2) is 60.8 Å². The van der Waals surface area contributed by atoms with Gasteiger partial charge in [-0.1, -0.05) is 48.5 Å². The molecule has 1 aromatic heterocycles. The number of nitrogens with zero attached hydrogens (tertiary/aromatic N) is 1. The van der Waals surface area contributed by atoms with Crippen LogP contribution in [0.1, 0.15) is 56.6 Å². The summed E-state index contributed by atoms with van der Waals surface area (Å²) >= 11 is 0. The number of aromatic nitrogens is 1. The summed E-state index contributed by atoms with van der Waals surface area (Å²) in [6.07, 6.45) is 8.11. The highest BCUT2D eigenvalue weighted by atomic mass is 16.6. The second kappa shape index (κ2) is 12.4. The van der Waals surface area contributed by atoms with Crippen LogP contribution in [-0.4, -0.2) is 59.7 Å². The van der Waals surface area contributed by atoms with Crippen LogP contribution in [0, 0.1) is 23.7 Å². The van der Waals surface area contributed by atoms with Crippen molar-refractivity contribution in [2.24, 2.45) is 23.7 Å². The molecular weight excluding hydrogens is 542 g/mol. The van der Waals surface area contributed by atoms with Gasteiger partial charge < -0.3 is 24.7 Å². The van der Waals surface area contributed by atoms with Gasteiger partial charge in [-0.05, 0) is 86.3 Å². The fourth-order valence-corrected chi connectivity index (χ4v) is 8.18. The van der Waals surface area contributed by atoms with Gasteiger partial charge in [-0.2, -0.15) is 0 Å². The first-order chi connectivity index (χ1) is 20.8. The minimum absolute atomic E-state index is 0.0679. The molecule has 43 heavy (non-hydrogen) atoms. The molecular formula is C35H43N3O5. The average Bonchev–Trinajstić information content (AvgIpc) is 3.41. The van der Waals surface area contributed by atoms with Gasteiger partial charge >= 0.3 is 12.1 Å². The second-order valence-corrected chi connectivity index (χ2v) is 13.1. The lowest BCUT2D eigenvalue weighted by Gasteiger charge is -2.53. The molecule has 0 radical (unpaired) electrons. The number of carbonyl (C=O) groups is 3. The molecule has 4 aliphatic carbocycles. The van der Waals surface area contributed by atoms with E-state index in [2.05, 4.69) is 10.3 Å². The van der Waals surface area contributed by atoms with E-state index in [4.69, 9.17) is 9.47 Å².